The van der Waals surface area contributed by atoms with Crippen LogP contribution in [-0.4, -0.2) is 32.8 Å². The lowest BCUT2D eigenvalue weighted by Gasteiger charge is -2.27. The van der Waals surface area contributed by atoms with E-state index in [1.165, 1.54) is 13.3 Å². The Morgan fingerprint density at radius 1 is 1.46 bits per heavy atom. The molecule has 132 valence electrons. The topological polar surface area (TPSA) is 113 Å². The molecule has 0 fully saturated rings. The summed E-state index contributed by atoms with van der Waals surface area (Å²) in [5, 5.41) is 28.2. The fraction of sp³-hybridized carbons (Fsp3) is 0.263. The van der Waals surface area contributed by atoms with Crippen LogP contribution in [0.3, 0.4) is 0 Å². The second kappa shape index (κ2) is 6.84. The first kappa shape index (κ1) is 17.4. The number of H-pyrrole nitrogens is 1. The second-order valence-corrected chi connectivity index (χ2v) is 6.31. The van der Waals surface area contributed by atoms with Crippen LogP contribution in [0.1, 0.15) is 13.8 Å². The predicted octanol–water partition coefficient (Wildman–Crippen LogP) is 3.48. The number of anilines is 1. The van der Waals surface area contributed by atoms with E-state index in [0.717, 1.165) is 22.5 Å². The number of aromatic nitrogens is 3. The average Bonchev–Trinajstić information content (AvgIpc) is 3.09. The Bertz CT molecular complexity index is 987. The Balaban J connectivity index is 1.88. The zero-order valence-electron chi connectivity index (χ0n) is 14.9. The molecule has 0 saturated carbocycles. The summed E-state index contributed by atoms with van der Waals surface area (Å²) in [6.45, 7) is 3.34. The molecule has 3 N–H and O–H groups in total. The fourth-order valence-electron chi connectivity index (χ4n) is 3.19. The molecular formula is C19H20N6O. The van der Waals surface area contributed by atoms with Gasteiger partial charge in [-0.05, 0) is 25.1 Å². The Morgan fingerprint density at radius 2 is 2.23 bits per heavy atom. The number of allylic oxidation sites excluding steroid dienone is 5. The normalized spacial score (nSPS) is 18.9. The van der Waals surface area contributed by atoms with Crippen molar-refractivity contribution in [3.05, 3.63) is 53.8 Å². The van der Waals surface area contributed by atoms with Gasteiger partial charge < -0.3 is 20.4 Å². The van der Waals surface area contributed by atoms with Crippen LogP contribution in [-0.2, 0) is 0 Å². The molecule has 2 aromatic rings. The first-order valence-corrected chi connectivity index (χ1v) is 8.24. The number of aliphatic hydroxyl groups excluding tert-OH is 1. The zero-order valence-corrected chi connectivity index (χ0v) is 14.9. The molecule has 2 heterocycles. The molecule has 2 aromatic heterocycles. The third-order valence-corrected chi connectivity index (χ3v) is 4.68. The van der Waals surface area contributed by atoms with Crippen LogP contribution in [0.15, 0.2) is 53.8 Å². The molecule has 7 heteroatoms. The minimum atomic E-state index is -0.271. The van der Waals surface area contributed by atoms with Crippen molar-refractivity contribution in [2.24, 2.45) is 11.8 Å². The van der Waals surface area contributed by atoms with Crippen LogP contribution < -0.4 is 4.90 Å². The summed E-state index contributed by atoms with van der Waals surface area (Å²) in [6, 6.07) is 3.96. The van der Waals surface area contributed by atoms with Crippen molar-refractivity contribution in [3.8, 4) is 6.07 Å². The van der Waals surface area contributed by atoms with Gasteiger partial charge in [0.25, 0.3) is 0 Å². The van der Waals surface area contributed by atoms with Gasteiger partial charge in [-0.2, -0.15) is 5.26 Å². The van der Waals surface area contributed by atoms with E-state index < -0.39 is 0 Å². The molecule has 0 radical (unpaired) electrons. The Labute approximate surface area is 151 Å². The number of rotatable bonds is 4. The molecule has 0 aliphatic heterocycles. The van der Waals surface area contributed by atoms with Crippen LogP contribution in [0.25, 0.3) is 11.0 Å². The Morgan fingerprint density at radius 3 is 2.88 bits per heavy atom. The van der Waals surface area contributed by atoms with E-state index >= 15 is 0 Å². The summed E-state index contributed by atoms with van der Waals surface area (Å²) < 4.78 is 0. The lowest BCUT2D eigenvalue weighted by molar-refractivity contribution is 0.397. The molecule has 26 heavy (non-hydrogen) atoms. The minimum absolute atomic E-state index is 0.00364. The van der Waals surface area contributed by atoms with Gasteiger partial charge in [-0.1, -0.05) is 13.0 Å². The molecule has 0 aromatic carbocycles. The smallest absolute Gasteiger partial charge is 0.145 e. The molecule has 2 atom stereocenters. The van der Waals surface area contributed by atoms with Gasteiger partial charge in [0.2, 0.25) is 0 Å². The maximum atomic E-state index is 9.69. The first-order valence-electron chi connectivity index (χ1n) is 8.24. The number of aliphatic hydroxyl groups is 1. The third kappa shape index (κ3) is 2.97. The lowest BCUT2D eigenvalue weighted by atomic mass is 9.81. The zero-order chi connectivity index (χ0) is 18.8. The van der Waals surface area contributed by atoms with Crippen LogP contribution in [0.5, 0.6) is 0 Å². The fourth-order valence-corrected chi connectivity index (χ4v) is 3.19. The standard InChI is InChI=1S/C19H20N6O/c1-11(16(9-20)12(2)26)14-5-4-13(8-17(14)21)25(3)19-15-6-7-22-18(15)23-10-24-19/h4-8,10-11,14,21,26H,1-3H3,(H,22,23,24). The number of likely N-dealkylation sites (N-methyl/N-ethyl adjacent to an activating group) is 1. The van der Waals surface area contributed by atoms with E-state index in [1.807, 2.05) is 49.4 Å². The van der Waals surface area contributed by atoms with Gasteiger partial charge in [-0.15, -0.1) is 0 Å². The van der Waals surface area contributed by atoms with Crippen LogP contribution >= 0.6 is 0 Å². The van der Waals surface area contributed by atoms with E-state index in [-0.39, 0.29) is 17.6 Å². The van der Waals surface area contributed by atoms with Gasteiger partial charge in [0.15, 0.2) is 0 Å². The molecule has 0 saturated heterocycles. The van der Waals surface area contributed by atoms with Crippen molar-refractivity contribution in [2.75, 3.05) is 11.9 Å². The number of hydrogen-bond donors (Lipinski definition) is 3. The van der Waals surface area contributed by atoms with Gasteiger partial charge in [-0.25, -0.2) is 9.97 Å². The van der Waals surface area contributed by atoms with Gasteiger partial charge in [0.05, 0.1) is 17.0 Å². The van der Waals surface area contributed by atoms with Gasteiger partial charge >= 0.3 is 0 Å². The van der Waals surface area contributed by atoms with Gasteiger partial charge in [0.1, 0.15) is 23.6 Å². The summed E-state index contributed by atoms with van der Waals surface area (Å²) in [5.74, 6) is 0.216. The summed E-state index contributed by atoms with van der Waals surface area (Å²) in [6.07, 6.45) is 8.90. The van der Waals surface area contributed by atoms with Crippen LogP contribution in [0.2, 0.25) is 0 Å². The van der Waals surface area contributed by atoms with Crippen molar-refractivity contribution < 1.29 is 5.11 Å². The molecule has 1 aliphatic rings. The highest BCUT2D eigenvalue weighted by molar-refractivity contribution is 5.99. The Hall–Kier alpha value is -3.40. The highest BCUT2D eigenvalue weighted by Crippen LogP contribution is 2.30. The number of hydrogen-bond acceptors (Lipinski definition) is 6. The Kier molecular flexibility index (Phi) is 4.59. The largest absolute Gasteiger partial charge is 0.512 e. The maximum absolute atomic E-state index is 9.69. The number of nitrogens with one attached hydrogen (secondary N) is 2. The number of fused-ring (bicyclic) bond motifs is 1. The average molecular weight is 348 g/mol. The maximum Gasteiger partial charge on any atom is 0.145 e. The van der Waals surface area contributed by atoms with E-state index in [9.17, 15) is 10.4 Å². The van der Waals surface area contributed by atoms with E-state index in [2.05, 4.69) is 15.0 Å². The minimum Gasteiger partial charge on any atom is -0.512 e. The number of nitrogens with zero attached hydrogens (tertiary/aromatic N) is 4. The van der Waals surface area contributed by atoms with E-state index in [1.54, 1.807) is 6.08 Å². The van der Waals surface area contributed by atoms with Crippen molar-refractivity contribution in [2.45, 2.75) is 13.8 Å². The highest BCUT2D eigenvalue weighted by Gasteiger charge is 2.27. The summed E-state index contributed by atoms with van der Waals surface area (Å²) in [5.41, 5.74) is 2.27. The SMILES string of the molecule is CC(O)=C(C#N)C(C)C1C=CC(N(C)c2ncnc3[nH]ccc23)=CC1=N. The molecule has 2 unspecified atom stereocenters. The molecule has 7 nitrogen and oxygen atoms in total. The molecule has 0 spiro atoms. The molecule has 0 amide bonds. The van der Waals surface area contributed by atoms with Crippen LogP contribution in [0.4, 0.5) is 5.82 Å². The van der Waals surface area contributed by atoms with Crippen molar-refractivity contribution >= 4 is 22.6 Å². The van der Waals surface area contributed by atoms with Gasteiger partial charge in [0, 0.05) is 36.5 Å². The van der Waals surface area contributed by atoms with Crippen LogP contribution in [0, 0.1) is 28.6 Å². The number of aromatic amines is 1. The van der Waals surface area contributed by atoms with Crippen molar-refractivity contribution in [1.82, 2.24) is 15.0 Å². The highest BCUT2D eigenvalue weighted by atomic mass is 16.3. The first-order chi connectivity index (χ1) is 12.4. The molecular weight excluding hydrogens is 328 g/mol. The quantitative estimate of drug-likeness (QED) is 0.578. The molecule has 1 aliphatic carbocycles. The van der Waals surface area contributed by atoms with Crippen molar-refractivity contribution in [3.63, 3.8) is 0 Å². The molecule has 3 rings (SSSR count). The summed E-state index contributed by atoms with van der Waals surface area (Å²) >= 11 is 0. The second-order valence-electron chi connectivity index (χ2n) is 6.31. The predicted molar refractivity (Wildman–Crippen MR) is 101 cm³/mol. The monoisotopic (exact) mass is 348 g/mol. The summed E-state index contributed by atoms with van der Waals surface area (Å²) in [7, 11) is 1.89. The van der Waals surface area contributed by atoms with Gasteiger partial charge in [-0.3, -0.25) is 0 Å². The summed E-state index contributed by atoms with van der Waals surface area (Å²) in [4.78, 5) is 13.5. The third-order valence-electron chi connectivity index (χ3n) is 4.68. The number of nitriles is 1. The van der Waals surface area contributed by atoms with E-state index in [4.69, 9.17) is 5.41 Å². The van der Waals surface area contributed by atoms with Crippen molar-refractivity contribution in [1.29, 1.82) is 10.7 Å². The molecule has 0 bridgehead atoms. The lowest BCUT2D eigenvalue weighted by Crippen LogP contribution is -2.26. The van der Waals surface area contributed by atoms with E-state index in [0.29, 0.717) is 11.3 Å².